The summed E-state index contributed by atoms with van der Waals surface area (Å²) in [5.74, 6) is 0.713. The van der Waals surface area contributed by atoms with Gasteiger partial charge in [0.25, 0.3) is 5.82 Å². The average molecular weight is 422 g/mol. The van der Waals surface area contributed by atoms with E-state index in [1.807, 2.05) is 23.1 Å². The van der Waals surface area contributed by atoms with Gasteiger partial charge in [0.15, 0.2) is 17.1 Å². The zero-order valence-electron chi connectivity index (χ0n) is 16.6. The van der Waals surface area contributed by atoms with Crippen molar-refractivity contribution in [3.8, 4) is 11.5 Å². The van der Waals surface area contributed by atoms with E-state index in [-0.39, 0.29) is 5.65 Å². The smallest absolute Gasteiger partial charge is 0.453 e. The van der Waals surface area contributed by atoms with Gasteiger partial charge in [0.1, 0.15) is 5.82 Å². The molecule has 4 rings (SSSR count). The van der Waals surface area contributed by atoms with E-state index in [0.29, 0.717) is 30.4 Å². The first-order valence-electron chi connectivity index (χ1n) is 9.37. The van der Waals surface area contributed by atoms with Crippen LogP contribution in [0.4, 0.5) is 19.0 Å². The summed E-state index contributed by atoms with van der Waals surface area (Å²) in [5.41, 5.74) is 1.16. The summed E-state index contributed by atoms with van der Waals surface area (Å²) in [6, 6.07) is 9.00. The molecule has 0 atom stereocenters. The molecule has 0 amide bonds. The van der Waals surface area contributed by atoms with Crippen molar-refractivity contribution in [1.82, 2.24) is 24.7 Å². The molecule has 0 aliphatic carbocycles. The van der Waals surface area contributed by atoms with Gasteiger partial charge >= 0.3 is 6.18 Å². The SMILES string of the molecule is COc1ccc(CN2CCN(c3ccc4nnc(C(F)(F)F)n4n3)CC2)cc1OC. The Morgan fingerprint density at radius 1 is 0.933 bits per heavy atom. The maximum Gasteiger partial charge on any atom is 0.453 e. The summed E-state index contributed by atoms with van der Waals surface area (Å²) in [4.78, 5) is 4.24. The molecule has 0 N–H and O–H groups in total. The van der Waals surface area contributed by atoms with Crippen molar-refractivity contribution >= 4 is 11.5 Å². The Morgan fingerprint density at radius 2 is 1.67 bits per heavy atom. The van der Waals surface area contributed by atoms with Crippen LogP contribution in [0.1, 0.15) is 11.4 Å². The van der Waals surface area contributed by atoms with Crippen molar-refractivity contribution in [1.29, 1.82) is 0 Å². The van der Waals surface area contributed by atoms with E-state index in [4.69, 9.17) is 9.47 Å². The zero-order valence-corrected chi connectivity index (χ0v) is 16.6. The molecule has 1 fully saturated rings. The molecule has 1 saturated heterocycles. The minimum atomic E-state index is -4.61. The second-order valence-corrected chi connectivity index (χ2v) is 6.94. The fraction of sp³-hybridized carbons (Fsp3) is 0.421. The predicted octanol–water partition coefficient (Wildman–Crippen LogP) is 2.48. The van der Waals surface area contributed by atoms with Gasteiger partial charge in [-0.1, -0.05) is 6.07 Å². The highest BCUT2D eigenvalue weighted by molar-refractivity contribution is 5.46. The molecule has 2 aromatic heterocycles. The molecule has 3 heterocycles. The fourth-order valence-electron chi connectivity index (χ4n) is 3.50. The molecule has 1 aromatic carbocycles. The normalized spacial score (nSPS) is 15.6. The van der Waals surface area contributed by atoms with E-state index in [1.165, 1.54) is 6.07 Å². The van der Waals surface area contributed by atoms with E-state index < -0.39 is 12.0 Å². The van der Waals surface area contributed by atoms with Crippen LogP contribution in [0, 0.1) is 0 Å². The van der Waals surface area contributed by atoms with E-state index in [2.05, 4.69) is 20.2 Å². The third kappa shape index (κ3) is 3.97. The Balaban J connectivity index is 1.43. The number of hydrogen-bond acceptors (Lipinski definition) is 7. The largest absolute Gasteiger partial charge is 0.493 e. The third-order valence-electron chi connectivity index (χ3n) is 5.05. The van der Waals surface area contributed by atoms with Gasteiger partial charge in [0.2, 0.25) is 0 Å². The number of nitrogens with zero attached hydrogens (tertiary/aromatic N) is 6. The lowest BCUT2D eigenvalue weighted by Crippen LogP contribution is -2.46. The second kappa shape index (κ2) is 7.98. The molecule has 8 nitrogen and oxygen atoms in total. The summed E-state index contributed by atoms with van der Waals surface area (Å²) >= 11 is 0. The monoisotopic (exact) mass is 422 g/mol. The van der Waals surface area contributed by atoms with Crippen molar-refractivity contribution in [2.45, 2.75) is 12.7 Å². The molecular weight excluding hydrogens is 401 g/mol. The van der Waals surface area contributed by atoms with Crippen LogP contribution in [0.25, 0.3) is 5.65 Å². The lowest BCUT2D eigenvalue weighted by Gasteiger charge is -2.35. The zero-order chi connectivity index (χ0) is 21.3. The van der Waals surface area contributed by atoms with Gasteiger partial charge in [-0.2, -0.15) is 17.7 Å². The molecule has 0 radical (unpaired) electrons. The van der Waals surface area contributed by atoms with Crippen molar-refractivity contribution in [2.75, 3.05) is 45.3 Å². The Kier molecular flexibility index (Phi) is 5.37. The van der Waals surface area contributed by atoms with Crippen LogP contribution in [-0.4, -0.2) is 65.1 Å². The van der Waals surface area contributed by atoms with Crippen LogP contribution in [-0.2, 0) is 12.7 Å². The highest BCUT2D eigenvalue weighted by Gasteiger charge is 2.37. The number of halogens is 3. The van der Waals surface area contributed by atoms with Gasteiger partial charge in [-0.15, -0.1) is 15.3 Å². The second-order valence-electron chi connectivity index (χ2n) is 6.94. The fourth-order valence-corrected chi connectivity index (χ4v) is 3.50. The molecule has 11 heteroatoms. The van der Waals surface area contributed by atoms with Crippen LogP contribution in [0.15, 0.2) is 30.3 Å². The number of benzene rings is 1. The quantitative estimate of drug-likeness (QED) is 0.626. The Hall–Kier alpha value is -3.08. The van der Waals surface area contributed by atoms with Gasteiger partial charge in [0, 0.05) is 32.7 Å². The van der Waals surface area contributed by atoms with Gasteiger partial charge in [-0.3, -0.25) is 4.90 Å². The molecule has 0 spiro atoms. The van der Waals surface area contributed by atoms with Gasteiger partial charge in [-0.05, 0) is 29.8 Å². The summed E-state index contributed by atoms with van der Waals surface area (Å²) in [7, 11) is 3.20. The van der Waals surface area contributed by atoms with Gasteiger partial charge in [0.05, 0.1) is 14.2 Å². The summed E-state index contributed by atoms with van der Waals surface area (Å²) in [5, 5.41) is 10.9. The summed E-state index contributed by atoms with van der Waals surface area (Å²) in [6.45, 7) is 3.54. The molecule has 30 heavy (non-hydrogen) atoms. The number of alkyl halides is 3. The number of fused-ring (bicyclic) bond motifs is 1. The number of anilines is 1. The predicted molar refractivity (Wildman–Crippen MR) is 103 cm³/mol. The number of methoxy groups -OCH3 is 2. The standard InChI is InChI=1S/C19H21F3N6O2/c1-29-14-4-3-13(11-15(14)30-2)12-26-7-9-27(10-8-26)17-6-5-16-23-24-18(19(20,21)22)28(16)25-17/h3-6,11H,7-10,12H2,1-2H3. The number of rotatable bonds is 5. The Morgan fingerprint density at radius 3 is 2.33 bits per heavy atom. The summed E-state index contributed by atoms with van der Waals surface area (Å²) in [6.07, 6.45) is -4.61. The maximum atomic E-state index is 13.1. The van der Waals surface area contributed by atoms with Gasteiger partial charge < -0.3 is 14.4 Å². The van der Waals surface area contributed by atoms with Crippen molar-refractivity contribution in [2.24, 2.45) is 0 Å². The lowest BCUT2D eigenvalue weighted by molar-refractivity contribution is -0.146. The van der Waals surface area contributed by atoms with Crippen LogP contribution in [0.3, 0.4) is 0 Å². The first-order valence-corrected chi connectivity index (χ1v) is 9.37. The number of piperazine rings is 1. The first-order chi connectivity index (χ1) is 14.4. The molecule has 3 aromatic rings. The Bertz CT molecular complexity index is 1030. The van der Waals surface area contributed by atoms with E-state index in [9.17, 15) is 13.2 Å². The minimum Gasteiger partial charge on any atom is -0.493 e. The topological polar surface area (TPSA) is 68.0 Å². The van der Waals surface area contributed by atoms with E-state index >= 15 is 0 Å². The third-order valence-corrected chi connectivity index (χ3v) is 5.05. The molecule has 0 unspecified atom stereocenters. The van der Waals surface area contributed by atoms with Crippen molar-refractivity contribution < 1.29 is 22.6 Å². The first kappa shape index (κ1) is 20.2. The average Bonchev–Trinajstić information content (AvgIpc) is 3.18. The van der Waals surface area contributed by atoms with Crippen LogP contribution in [0.2, 0.25) is 0 Å². The highest BCUT2D eigenvalue weighted by Crippen LogP contribution is 2.29. The van der Waals surface area contributed by atoms with Gasteiger partial charge in [-0.25, -0.2) is 0 Å². The molecule has 1 aliphatic heterocycles. The lowest BCUT2D eigenvalue weighted by atomic mass is 10.1. The number of ether oxygens (including phenoxy) is 2. The van der Waals surface area contributed by atoms with Crippen LogP contribution in [0.5, 0.6) is 11.5 Å². The van der Waals surface area contributed by atoms with Crippen LogP contribution >= 0.6 is 0 Å². The number of aromatic nitrogens is 4. The minimum absolute atomic E-state index is 0.0677. The molecule has 160 valence electrons. The van der Waals surface area contributed by atoms with E-state index in [0.717, 1.165) is 29.7 Å². The van der Waals surface area contributed by atoms with Crippen molar-refractivity contribution in [3.05, 3.63) is 41.7 Å². The molecular formula is C19H21F3N6O2. The van der Waals surface area contributed by atoms with E-state index in [1.54, 1.807) is 20.3 Å². The van der Waals surface area contributed by atoms with Crippen LogP contribution < -0.4 is 14.4 Å². The van der Waals surface area contributed by atoms with Crippen molar-refractivity contribution in [3.63, 3.8) is 0 Å². The molecule has 0 bridgehead atoms. The number of hydrogen-bond donors (Lipinski definition) is 0. The molecule has 1 aliphatic rings. The summed E-state index contributed by atoms with van der Waals surface area (Å²) < 4.78 is 50.6. The maximum absolute atomic E-state index is 13.1. The molecule has 0 saturated carbocycles. The Labute approximate surface area is 170 Å². The highest BCUT2D eigenvalue weighted by atomic mass is 19.4.